The summed E-state index contributed by atoms with van der Waals surface area (Å²) in [6.45, 7) is 6.58. The Morgan fingerprint density at radius 1 is 1.12 bits per heavy atom. The van der Waals surface area contributed by atoms with Crippen molar-refractivity contribution < 1.29 is 15.3 Å². The molecule has 0 fully saturated rings. The first-order chi connectivity index (χ1) is 11.5. The van der Waals surface area contributed by atoms with Gasteiger partial charge in [0.05, 0.1) is 6.61 Å². The van der Waals surface area contributed by atoms with Crippen LogP contribution >= 0.6 is 0 Å². The summed E-state index contributed by atoms with van der Waals surface area (Å²) < 4.78 is 0. The third kappa shape index (κ3) is 4.32. The zero-order chi connectivity index (χ0) is 17.7. The molecule has 0 heterocycles. The van der Waals surface area contributed by atoms with Gasteiger partial charge in [-0.05, 0) is 60.8 Å². The number of hydrogen-bond acceptors (Lipinski definition) is 3. The third-order valence-electron chi connectivity index (χ3n) is 5.33. The third-order valence-corrected chi connectivity index (χ3v) is 5.33. The second-order valence-corrected chi connectivity index (χ2v) is 7.46. The van der Waals surface area contributed by atoms with Crippen LogP contribution in [0.5, 0.6) is 11.5 Å². The van der Waals surface area contributed by atoms with Crippen LogP contribution in [-0.4, -0.2) is 21.9 Å². The zero-order valence-electron chi connectivity index (χ0n) is 15.3. The smallest absolute Gasteiger partial charge is 0.123 e. The molecule has 0 spiro atoms. The number of phenolic OH excluding ortho intramolecular Hbond substituents is 2. The van der Waals surface area contributed by atoms with E-state index in [0.29, 0.717) is 17.4 Å². The summed E-state index contributed by atoms with van der Waals surface area (Å²) in [6.07, 6.45) is 8.19. The van der Waals surface area contributed by atoms with Crippen LogP contribution in [0.3, 0.4) is 0 Å². The summed E-state index contributed by atoms with van der Waals surface area (Å²) in [5.41, 5.74) is 2.62. The van der Waals surface area contributed by atoms with Crippen LogP contribution in [0.4, 0.5) is 0 Å². The van der Waals surface area contributed by atoms with Gasteiger partial charge in [0, 0.05) is 11.5 Å². The van der Waals surface area contributed by atoms with Gasteiger partial charge in [-0.15, -0.1) is 0 Å². The van der Waals surface area contributed by atoms with Crippen LogP contribution in [0.25, 0.3) is 0 Å². The van der Waals surface area contributed by atoms with Crippen LogP contribution < -0.4 is 0 Å². The number of aromatic hydroxyl groups is 2. The van der Waals surface area contributed by atoms with Gasteiger partial charge in [0.15, 0.2) is 0 Å². The highest BCUT2D eigenvalue weighted by molar-refractivity contribution is 5.51. The van der Waals surface area contributed by atoms with E-state index in [-0.39, 0.29) is 24.0 Å². The molecule has 0 aromatic heterocycles. The molecule has 0 saturated heterocycles. The van der Waals surface area contributed by atoms with Gasteiger partial charge in [-0.1, -0.05) is 39.7 Å². The van der Waals surface area contributed by atoms with Gasteiger partial charge in [0.1, 0.15) is 11.5 Å². The second-order valence-electron chi connectivity index (χ2n) is 7.46. The Labute approximate surface area is 146 Å². The topological polar surface area (TPSA) is 60.7 Å². The molecule has 0 amide bonds. The molecule has 0 aliphatic heterocycles. The molecule has 3 heteroatoms. The number of allylic oxidation sites excluding steroid dienone is 1. The predicted octanol–water partition coefficient (Wildman–Crippen LogP) is 4.90. The summed E-state index contributed by atoms with van der Waals surface area (Å²) in [5, 5.41) is 30.7. The summed E-state index contributed by atoms with van der Waals surface area (Å²) in [7, 11) is 0. The van der Waals surface area contributed by atoms with E-state index in [1.54, 1.807) is 0 Å². The Morgan fingerprint density at radius 2 is 1.79 bits per heavy atom. The van der Waals surface area contributed by atoms with Crippen molar-refractivity contribution in [3.05, 3.63) is 34.9 Å². The molecule has 1 aliphatic carbocycles. The summed E-state index contributed by atoms with van der Waals surface area (Å²) >= 11 is 0. The fourth-order valence-electron chi connectivity index (χ4n) is 3.91. The Morgan fingerprint density at radius 3 is 2.33 bits per heavy atom. The van der Waals surface area contributed by atoms with Crippen molar-refractivity contribution in [2.75, 3.05) is 6.61 Å². The summed E-state index contributed by atoms with van der Waals surface area (Å²) in [6, 6.07) is 3.62. The fraction of sp³-hybridized carbons (Fsp3) is 0.619. The first kappa shape index (κ1) is 18.9. The van der Waals surface area contributed by atoms with Crippen molar-refractivity contribution in [3.8, 4) is 11.5 Å². The number of phenols is 2. The number of aliphatic hydroxyl groups is 1. The largest absolute Gasteiger partial charge is 0.507 e. The molecule has 1 aromatic carbocycles. The van der Waals surface area contributed by atoms with E-state index in [9.17, 15) is 15.3 Å². The number of rotatable bonds is 7. The molecular weight excluding hydrogens is 300 g/mol. The first-order valence-electron chi connectivity index (χ1n) is 9.33. The van der Waals surface area contributed by atoms with Crippen LogP contribution in [0, 0.1) is 11.8 Å². The van der Waals surface area contributed by atoms with E-state index in [0.717, 1.165) is 49.7 Å². The zero-order valence-corrected chi connectivity index (χ0v) is 15.3. The van der Waals surface area contributed by atoms with Gasteiger partial charge in [0.25, 0.3) is 0 Å². The van der Waals surface area contributed by atoms with Gasteiger partial charge in [-0.25, -0.2) is 0 Å². The first-order valence-corrected chi connectivity index (χ1v) is 9.33. The lowest BCUT2D eigenvalue weighted by atomic mass is 9.71. The minimum atomic E-state index is -0.0365. The van der Waals surface area contributed by atoms with Crippen molar-refractivity contribution in [1.82, 2.24) is 0 Å². The minimum absolute atomic E-state index is 0.0365. The molecule has 24 heavy (non-hydrogen) atoms. The highest BCUT2D eigenvalue weighted by atomic mass is 16.3. The molecule has 1 unspecified atom stereocenters. The maximum atomic E-state index is 10.6. The molecule has 1 aromatic rings. The van der Waals surface area contributed by atoms with Gasteiger partial charge >= 0.3 is 0 Å². The second kappa shape index (κ2) is 8.57. The van der Waals surface area contributed by atoms with Gasteiger partial charge in [-0.2, -0.15) is 0 Å². The van der Waals surface area contributed by atoms with Gasteiger partial charge in [0.2, 0.25) is 0 Å². The monoisotopic (exact) mass is 332 g/mol. The summed E-state index contributed by atoms with van der Waals surface area (Å²) in [5.74, 6) is 1.16. The standard InChI is InChI=1S/C21H32O3/c1-4-5-6-7-15-11-19(23)21(20(24)12-15)18-10-16(13-22)8-9-17(18)14(2)3/h10-12,14,17-18,22-24H,4-9,13H2,1-3H3/t17?,18-/m0/s1. The van der Waals surface area contributed by atoms with Gasteiger partial charge < -0.3 is 15.3 Å². The predicted molar refractivity (Wildman–Crippen MR) is 98.5 cm³/mol. The Hall–Kier alpha value is -1.48. The lowest BCUT2D eigenvalue weighted by molar-refractivity contribution is 0.277. The quantitative estimate of drug-likeness (QED) is 0.492. The van der Waals surface area contributed by atoms with E-state index in [1.165, 1.54) is 0 Å². The Bertz CT molecular complexity index is 551. The van der Waals surface area contributed by atoms with Crippen molar-refractivity contribution in [1.29, 1.82) is 0 Å². The SMILES string of the molecule is CCCCCc1cc(O)c([C@H]2C=C(CO)CCC2C(C)C)c(O)c1. The van der Waals surface area contributed by atoms with Crippen LogP contribution in [0.15, 0.2) is 23.8 Å². The Kier molecular flexibility index (Phi) is 6.73. The van der Waals surface area contributed by atoms with Crippen molar-refractivity contribution >= 4 is 0 Å². The maximum Gasteiger partial charge on any atom is 0.123 e. The van der Waals surface area contributed by atoms with Crippen LogP contribution in [-0.2, 0) is 6.42 Å². The number of aliphatic hydroxyl groups excluding tert-OH is 1. The lowest BCUT2D eigenvalue weighted by Gasteiger charge is -2.34. The van der Waals surface area contributed by atoms with E-state index < -0.39 is 0 Å². The Balaban J connectivity index is 2.34. The molecule has 2 rings (SSSR count). The number of unbranched alkanes of at least 4 members (excludes halogenated alkanes) is 2. The van der Waals surface area contributed by atoms with E-state index in [4.69, 9.17) is 0 Å². The van der Waals surface area contributed by atoms with Crippen molar-refractivity contribution in [2.45, 2.75) is 65.2 Å². The van der Waals surface area contributed by atoms with E-state index >= 15 is 0 Å². The summed E-state index contributed by atoms with van der Waals surface area (Å²) in [4.78, 5) is 0. The lowest BCUT2D eigenvalue weighted by Crippen LogP contribution is -2.22. The normalized spacial score (nSPS) is 21.1. The number of benzene rings is 1. The van der Waals surface area contributed by atoms with Gasteiger partial charge in [-0.3, -0.25) is 0 Å². The highest BCUT2D eigenvalue weighted by Gasteiger charge is 2.32. The number of aryl methyl sites for hydroxylation is 1. The van der Waals surface area contributed by atoms with Crippen LogP contribution in [0.2, 0.25) is 0 Å². The number of hydrogen-bond donors (Lipinski definition) is 3. The fourth-order valence-corrected chi connectivity index (χ4v) is 3.91. The minimum Gasteiger partial charge on any atom is -0.507 e. The molecule has 0 radical (unpaired) electrons. The molecular formula is C21H32O3. The molecule has 3 N–H and O–H groups in total. The molecule has 0 bridgehead atoms. The average molecular weight is 332 g/mol. The maximum absolute atomic E-state index is 10.6. The molecule has 134 valence electrons. The molecule has 0 saturated carbocycles. The van der Waals surface area contributed by atoms with Crippen molar-refractivity contribution in [3.63, 3.8) is 0 Å². The average Bonchev–Trinajstić information content (AvgIpc) is 2.54. The van der Waals surface area contributed by atoms with E-state index in [1.807, 2.05) is 12.1 Å². The highest BCUT2D eigenvalue weighted by Crippen LogP contribution is 2.46. The van der Waals surface area contributed by atoms with Crippen LogP contribution in [0.1, 0.15) is 69.9 Å². The van der Waals surface area contributed by atoms with E-state index in [2.05, 4.69) is 26.8 Å². The molecule has 1 aliphatic rings. The molecule has 3 nitrogen and oxygen atoms in total. The van der Waals surface area contributed by atoms with Crippen molar-refractivity contribution in [2.24, 2.45) is 11.8 Å². The molecule has 2 atom stereocenters.